The van der Waals surface area contributed by atoms with Crippen LogP contribution in [-0.4, -0.2) is 11.5 Å². The molecule has 1 heterocycles. The SMILES string of the molecule is CCCNc1cccc(-c2cc(F)cc(Cl)c2)n1. The van der Waals surface area contributed by atoms with Gasteiger partial charge in [-0.15, -0.1) is 0 Å². The summed E-state index contributed by atoms with van der Waals surface area (Å²) in [7, 11) is 0. The zero-order chi connectivity index (χ0) is 13.0. The first kappa shape index (κ1) is 12.8. The topological polar surface area (TPSA) is 24.9 Å². The van der Waals surface area contributed by atoms with Gasteiger partial charge in [-0.2, -0.15) is 0 Å². The lowest BCUT2D eigenvalue weighted by atomic mass is 10.1. The number of pyridine rings is 1. The molecule has 0 aliphatic rings. The van der Waals surface area contributed by atoms with E-state index in [-0.39, 0.29) is 5.82 Å². The van der Waals surface area contributed by atoms with Gasteiger partial charge in [0.05, 0.1) is 5.69 Å². The maximum Gasteiger partial charge on any atom is 0.126 e. The van der Waals surface area contributed by atoms with E-state index in [1.54, 1.807) is 6.07 Å². The van der Waals surface area contributed by atoms with Gasteiger partial charge in [0.15, 0.2) is 0 Å². The molecule has 94 valence electrons. The number of nitrogens with zero attached hydrogens (tertiary/aromatic N) is 1. The molecule has 0 bridgehead atoms. The molecular formula is C14H14ClFN2. The minimum Gasteiger partial charge on any atom is -0.370 e. The molecule has 1 aromatic carbocycles. The molecule has 0 radical (unpaired) electrons. The van der Waals surface area contributed by atoms with Gasteiger partial charge < -0.3 is 5.32 Å². The highest BCUT2D eigenvalue weighted by molar-refractivity contribution is 6.30. The van der Waals surface area contributed by atoms with E-state index in [1.807, 2.05) is 18.2 Å². The first-order valence-electron chi connectivity index (χ1n) is 5.86. The Bertz CT molecular complexity index is 523. The summed E-state index contributed by atoms with van der Waals surface area (Å²) in [4.78, 5) is 4.43. The highest BCUT2D eigenvalue weighted by atomic mass is 35.5. The number of hydrogen-bond donors (Lipinski definition) is 1. The van der Waals surface area contributed by atoms with Crippen LogP contribution in [0.4, 0.5) is 10.2 Å². The number of nitrogens with one attached hydrogen (secondary N) is 1. The maximum atomic E-state index is 13.3. The average molecular weight is 265 g/mol. The van der Waals surface area contributed by atoms with Crippen LogP contribution in [0.2, 0.25) is 5.02 Å². The van der Waals surface area contributed by atoms with Gasteiger partial charge in [0.2, 0.25) is 0 Å². The first-order valence-corrected chi connectivity index (χ1v) is 6.24. The van der Waals surface area contributed by atoms with E-state index < -0.39 is 0 Å². The van der Waals surface area contributed by atoms with Crippen LogP contribution in [0.1, 0.15) is 13.3 Å². The molecule has 0 saturated carbocycles. The van der Waals surface area contributed by atoms with Crippen LogP contribution in [0, 0.1) is 5.82 Å². The van der Waals surface area contributed by atoms with E-state index in [1.165, 1.54) is 12.1 Å². The van der Waals surface area contributed by atoms with Crippen molar-refractivity contribution in [3.8, 4) is 11.3 Å². The minimum absolute atomic E-state index is 0.355. The van der Waals surface area contributed by atoms with Crippen molar-refractivity contribution >= 4 is 17.4 Å². The van der Waals surface area contributed by atoms with Crippen LogP contribution in [-0.2, 0) is 0 Å². The van der Waals surface area contributed by atoms with Gasteiger partial charge in [0.25, 0.3) is 0 Å². The van der Waals surface area contributed by atoms with E-state index in [9.17, 15) is 4.39 Å². The van der Waals surface area contributed by atoms with E-state index in [0.717, 1.165) is 18.8 Å². The fourth-order valence-electron chi connectivity index (χ4n) is 1.65. The molecule has 2 aromatic rings. The standard InChI is InChI=1S/C14H14ClFN2/c1-2-6-17-14-5-3-4-13(18-14)10-7-11(15)9-12(16)8-10/h3-5,7-9H,2,6H2,1H3,(H,17,18). The lowest BCUT2D eigenvalue weighted by Gasteiger charge is -2.07. The normalized spacial score (nSPS) is 10.4. The van der Waals surface area contributed by atoms with Gasteiger partial charge in [-0.05, 0) is 36.8 Å². The fraction of sp³-hybridized carbons (Fsp3) is 0.214. The predicted octanol–water partition coefficient (Wildman–Crippen LogP) is 4.36. The van der Waals surface area contributed by atoms with Gasteiger partial charge in [-0.1, -0.05) is 24.6 Å². The Balaban J connectivity index is 2.32. The zero-order valence-electron chi connectivity index (χ0n) is 10.1. The van der Waals surface area contributed by atoms with Crippen LogP contribution < -0.4 is 5.32 Å². The lowest BCUT2D eigenvalue weighted by molar-refractivity contribution is 0.628. The minimum atomic E-state index is -0.355. The molecule has 4 heteroatoms. The number of halogens is 2. The smallest absolute Gasteiger partial charge is 0.126 e. The summed E-state index contributed by atoms with van der Waals surface area (Å²) in [6, 6.07) is 10.0. The Labute approximate surface area is 111 Å². The third-order valence-electron chi connectivity index (χ3n) is 2.46. The van der Waals surface area contributed by atoms with Crippen molar-refractivity contribution < 1.29 is 4.39 Å². The molecule has 2 nitrogen and oxygen atoms in total. The van der Waals surface area contributed by atoms with Crippen molar-refractivity contribution in [2.45, 2.75) is 13.3 Å². The zero-order valence-corrected chi connectivity index (χ0v) is 10.8. The molecule has 0 amide bonds. The Morgan fingerprint density at radius 2 is 2.11 bits per heavy atom. The molecule has 0 atom stereocenters. The summed E-state index contributed by atoms with van der Waals surface area (Å²) in [6.45, 7) is 2.95. The summed E-state index contributed by atoms with van der Waals surface area (Å²) in [6.07, 6.45) is 1.03. The van der Waals surface area contributed by atoms with Crippen molar-refractivity contribution in [1.82, 2.24) is 4.98 Å². The Morgan fingerprint density at radius 1 is 1.28 bits per heavy atom. The van der Waals surface area contributed by atoms with Gasteiger partial charge >= 0.3 is 0 Å². The molecule has 2 rings (SSSR count). The van der Waals surface area contributed by atoms with E-state index in [0.29, 0.717) is 16.3 Å². The monoisotopic (exact) mass is 264 g/mol. The summed E-state index contributed by atoms with van der Waals surface area (Å²) in [5.41, 5.74) is 1.39. The van der Waals surface area contributed by atoms with Gasteiger partial charge in [0.1, 0.15) is 11.6 Å². The summed E-state index contributed by atoms with van der Waals surface area (Å²) in [5.74, 6) is 0.431. The highest BCUT2D eigenvalue weighted by Gasteiger charge is 2.04. The van der Waals surface area contributed by atoms with Crippen LogP contribution in [0.15, 0.2) is 36.4 Å². The summed E-state index contributed by atoms with van der Waals surface area (Å²) in [5, 5.41) is 3.57. The Morgan fingerprint density at radius 3 is 2.83 bits per heavy atom. The average Bonchev–Trinajstić information content (AvgIpc) is 2.35. The summed E-state index contributed by atoms with van der Waals surface area (Å²) >= 11 is 5.84. The molecular weight excluding hydrogens is 251 g/mol. The molecule has 0 aliphatic carbocycles. The molecule has 0 saturated heterocycles. The largest absolute Gasteiger partial charge is 0.370 e. The van der Waals surface area contributed by atoms with Crippen molar-refractivity contribution in [2.24, 2.45) is 0 Å². The van der Waals surface area contributed by atoms with E-state index >= 15 is 0 Å². The number of rotatable bonds is 4. The molecule has 0 fully saturated rings. The molecule has 0 aliphatic heterocycles. The summed E-state index contributed by atoms with van der Waals surface area (Å²) < 4.78 is 13.3. The van der Waals surface area contributed by atoms with Gasteiger partial charge in [-0.3, -0.25) is 0 Å². The van der Waals surface area contributed by atoms with Crippen molar-refractivity contribution in [3.63, 3.8) is 0 Å². The van der Waals surface area contributed by atoms with Crippen LogP contribution >= 0.6 is 11.6 Å². The fourth-order valence-corrected chi connectivity index (χ4v) is 1.87. The second-order valence-electron chi connectivity index (χ2n) is 3.99. The van der Waals surface area contributed by atoms with Crippen molar-refractivity contribution in [2.75, 3.05) is 11.9 Å². The van der Waals surface area contributed by atoms with E-state index in [4.69, 9.17) is 11.6 Å². The molecule has 0 spiro atoms. The Kier molecular flexibility index (Phi) is 4.15. The van der Waals surface area contributed by atoms with Gasteiger partial charge in [-0.25, -0.2) is 9.37 Å². The quantitative estimate of drug-likeness (QED) is 0.887. The van der Waals surface area contributed by atoms with Crippen LogP contribution in [0.5, 0.6) is 0 Å². The molecule has 18 heavy (non-hydrogen) atoms. The predicted molar refractivity (Wildman–Crippen MR) is 73.4 cm³/mol. The maximum absolute atomic E-state index is 13.3. The number of hydrogen-bond acceptors (Lipinski definition) is 2. The third kappa shape index (κ3) is 3.20. The first-order chi connectivity index (χ1) is 8.69. The van der Waals surface area contributed by atoms with Crippen LogP contribution in [0.3, 0.4) is 0 Å². The van der Waals surface area contributed by atoms with Crippen LogP contribution in [0.25, 0.3) is 11.3 Å². The van der Waals surface area contributed by atoms with E-state index in [2.05, 4.69) is 17.2 Å². The number of benzene rings is 1. The van der Waals surface area contributed by atoms with Gasteiger partial charge in [0, 0.05) is 17.1 Å². The van der Waals surface area contributed by atoms with Crippen molar-refractivity contribution in [3.05, 3.63) is 47.2 Å². The number of aromatic nitrogens is 1. The lowest BCUT2D eigenvalue weighted by Crippen LogP contribution is -2.02. The molecule has 0 unspecified atom stereocenters. The second kappa shape index (κ2) is 5.83. The van der Waals surface area contributed by atoms with Crippen molar-refractivity contribution in [1.29, 1.82) is 0 Å². The number of anilines is 1. The Hall–Kier alpha value is -1.61. The third-order valence-corrected chi connectivity index (χ3v) is 2.68. The molecule has 1 aromatic heterocycles. The second-order valence-corrected chi connectivity index (χ2v) is 4.43. The highest BCUT2D eigenvalue weighted by Crippen LogP contribution is 2.23. The molecule has 1 N–H and O–H groups in total.